The number of rotatable bonds is 47. The zero-order valence-corrected chi connectivity index (χ0v) is 40.6. The predicted molar refractivity (Wildman–Crippen MR) is 256 cm³/mol. The summed E-state index contributed by atoms with van der Waals surface area (Å²) in [5, 5.41) is 40.2. The maximum absolute atomic E-state index is 12.8. The number of aliphatic hydroxyl groups excluding tert-OH is 4. The second kappa shape index (κ2) is 45.1. The third-order valence-corrected chi connectivity index (χ3v) is 12.7. The number of esters is 1. The van der Waals surface area contributed by atoms with Gasteiger partial charge >= 0.3 is 5.97 Å². The normalized spacial score (nSPS) is 19.7. The third kappa shape index (κ3) is 35.2. The molecule has 62 heavy (non-hydrogen) atoms. The molecular weight excluding hydrogens is 781 g/mol. The molecule has 9 nitrogen and oxygen atoms in total. The average molecular weight is 883 g/mol. The van der Waals surface area contributed by atoms with Crippen molar-refractivity contribution in [1.29, 1.82) is 0 Å². The molecule has 0 aromatic carbocycles. The quantitative estimate of drug-likeness (QED) is 0.0268. The van der Waals surface area contributed by atoms with Crippen molar-refractivity contribution in [2.24, 2.45) is 0 Å². The second-order valence-corrected chi connectivity index (χ2v) is 18.7. The largest absolute Gasteiger partial charge is 0.457 e. The summed E-state index contributed by atoms with van der Waals surface area (Å²) in [4.78, 5) is 12.8. The van der Waals surface area contributed by atoms with Gasteiger partial charge in [-0.3, -0.25) is 4.79 Å². The molecule has 1 aliphatic rings. The molecule has 0 spiro atoms. The van der Waals surface area contributed by atoms with Crippen molar-refractivity contribution in [1.82, 2.24) is 0 Å². The zero-order chi connectivity index (χ0) is 45.0. The van der Waals surface area contributed by atoms with Gasteiger partial charge < -0.3 is 39.4 Å². The van der Waals surface area contributed by atoms with Gasteiger partial charge in [-0.25, -0.2) is 0 Å². The summed E-state index contributed by atoms with van der Waals surface area (Å²) in [6.45, 7) is 4.61. The Bertz CT molecular complexity index is 961. The van der Waals surface area contributed by atoms with Crippen LogP contribution in [0.15, 0.2) is 12.2 Å². The van der Waals surface area contributed by atoms with Gasteiger partial charge in [-0.05, 0) is 38.5 Å². The van der Waals surface area contributed by atoms with E-state index in [1.54, 1.807) is 0 Å². The Morgan fingerprint density at radius 2 is 0.887 bits per heavy atom. The SMILES string of the molecule is CCCCCCCCCC/C=C\CCCCCCCCCCCCCCCCOCC(COC1OC(CO)C(O)C(O)C1O)OC(=O)CCCCCCCCCCCCCCC. The first-order valence-electron chi connectivity index (χ1n) is 26.8. The molecule has 0 amide bonds. The lowest BCUT2D eigenvalue weighted by molar-refractivity contribution is -0.305. The average Bonchev–Trinajstić information content (AvgIpc) is 3.27. The Kier molecular flexibility index (Phi) is 42.9. The molecule has 368 valence electrons. The Hall–Kier alpha value is -1.07. The molecule has 6 atom stereocenters. The molecule has 0 aromatic heterocycles. The van der Waals surface area contributed by atoms with E-state index < -0.39 is 43.4 Å². The second-order valence-electron chi connectivity index (χ2n) is 18.7. The minimum absolute atomic E-state index is 0.107. The molecular formula is C53H102O9. The number of hydrogen-bond donors (Lipinski definition) is 4. The molecule has 1 fully saturated rings. The van der Waals surface area contributed by atoms with E-state index in [1.807, 2.05) is 0 Å². The van der Waals surface area contributed by atoms with E-state index in [-0.39, 0.29) is 19.2 Å². The molecule has 9 heteroatoms. The van der Waals surface area contributed by atoms with Gasteiger partial charge in [-0.2, -0.15) is 0 Å². The molecule has 1 rings (SSSR count). The number of aliphatic hydroxyl groups is 4. The fourth-order valence-corrected chi connectivity index (χ4v) is 8.49. The molecule has 1 aliphatic heterocycles. The molecule has 1 heterocycles. The number of carbonyl (C=O) groups is 1. The standard InChI is InChI=1S/C53H102O9/c1-3-5-7-9-11-13-15-17-18-19-20-21-22-23-24-25-26-27-28-29-31-33-35-37-39-41-43-59-45-47(46-60-53-52(58)51(57)50(56)48(44-54)62-53)61-49(55)42-40-38-36-34-32-30-16-14-12-10-8-6-4-2/h19-20,47-48,50-54,56-58H,3-18,21-46H2,1-2H3/b20-19-. The van der Waals surface area contributed by atoms with Gasteiger partial charge in [-0.15, -0.1) is 0 Å². The van der Waals surface area contributed by atoms with Crippen LogP contribution in [0.5, 0.6) is 0 Å². The molecule has 6 unspecified atom stereocenters. The molecule has 1 saturated heterocycles. The molecule has 0 saturated carbocycles. The highest BCUT2D eigenvalue weighted by molar-refractivity contribution is 5.69. The highest BCUT2D eigenvalue weighted by Crippen LogP contribution is 2.23. The van der Waals surface area contributed by atoms with E-state index in [4.69, 9.17) is 18.9 Å². The lowest BCUT2D eigenvalue weighted by atomic mass is 9.99. The van der Waals surface area contributed by atoms with Crippen LogP contribution >= 0.6 is 0 Å². The van der Waals surface area contributed by atoms with Gasteiger partial charge in [0, 0.05) is 13.0 Å². The van der Waals surface area contributed by atoms with Crippen LogP contribution in [0.4, 0.5) is 0 Å². The van der Waals surface area contributed by atoms with E-state index >= 15 is 0 Å². The summed E-state index contributed by atoms with van der Waals surface area (Å²) < 4.78 is 22.9. The predicted octanol–water partition coefficient (Wildman–Crippen LogP) is 13.2. The van der Waals surface area contributed by atoms with Gasteiger partial charge in [-0.1, -0.05) is 225 Å². The smallest absolute Gasteiger partial charge is 0.306 e. The van der Waals surface area contributed by atoms with Crippen LogP contribution in [0.1, 0.15) is 258 Å². The zero-order valence-electron chi connectivity index (χ0n) is 40.6. The van der Waals surface area contributed by atoms with Crippen molar-refractivity contribution in [2.75, 3.05) is 26.4 Å². The number of allylic oxidation sites excluding steroid dienone is 2. The maximum atomic E-state index is 12.8. The molecule has 0 radical (unpaired) electrons. The summed E-state index contributed by atoms with van der Waals surface area (Å²) in [6.07, 6.45) is 45.5. The Balaban J connectivity index is 2.12. The van der Waals surface area contributed by atoms with Crippen molar-refractivity contribution in [3.63, 3.8) is 0 Å². The van der Waals surface area contributed by atoms with Crippen LogP contribution < -0.4 is 0 Å². The van der Waals surface area contributed by atoms with Crippen molar-refractivity contribution in [3.8, 4) is 0 Å². The first-order valence-corrected chi connectivity index (χ1v) is 26.8. The van der Waals surface area contributed by atoms with Crippen LogP contribution in [-0.4, -0.2) is 89.6 Å². The summed E-state index contributed by atoms with van der Waals surface area (Å²) >= 11 is 0. The Morgan fingerprint density at radius 1 is 0.500 bits per heavy atom. The van der Waals surface area contributed by atoms with Crippen LogP contribution in [0.25, 0.3) is 0 Å². The number of carbonyl (C=O) groups excluding carboxylic acids is 1. The van der Waals surface area contributed by atoms with Crippen LogP contribution in [0, 0.1) is 0 Å². The fourth-order valence-electron chi connectivity index (χ4n) is 8.49. The van der Waals surface area contributed by atoms with Gasteiger partial charge in [0.1, 0.15) is 30.5 Å². The Morgan fingerprint density at radius 3 is 1.31 bits per heavy atom. The van der Waals surface area contributed by atoms with Gasteiger partial charge in [0.2, 0.25) is 0 Å². The molecule has 4 N–H and O–H groups in total. The van der Waals surface area contributed by atoms with Crippen LogP contribution in [0.2, 0.25) is 0 Å². The summed E-state index contributed by atoms with van der Waals surface area (Å²) in [6, 6.07) is 0. The number of unbranched alkanes of at least 4 members (excludes halogenated alkanes) is 34. The van der Waals surface area contributed by atoms with Crippen molar-refractivity contribution in [2.45, 2.75) is 295 Å². The van der Waals surface area contributed by atoms with Crippen LogP contribution in [-0.2, 0) is 23.7 Å². The maximum Gasteiger partial charge on any atom is 0.306 e. The van der Waals surface area contributed by atoms with E-state index in [1.165, 1.54) is 205 Å². The van der Waals surface area contributed by atoms with Gasteiger partial charge in [0.15, 0.2) is 6.29 Å². The summed E-state index contributed by atoms with van der Waals surface area (Å²) in [5.74, 6) is -0.308. The first kappa shape index (κ1) is 58.9. The van der Waals surface area contributed by atoms with E-state index in [9.17, 15) is 25.2 Å². The number of hydrogen-bond acceptors (Lipinski definition) is 9. The minimum Gasteiger partial charge on any atom is -0.457 e. The molecule has 0 bridgehead atoms. The minimum atomic E-state index is -1.53. The van der Waals surface area contributed by atoms with Gasteiger partial charge in [0.25, 0.3) is 0 Å². The lowest BCUT2D eigenvalue weighted by Gasteiger charge is -2.39. The lowest BCUT2D eigenvalue weighted by Crippen LogP contribution is -2.59. The monoisotopic (exact) mass is 883 g/mol. The first-order chi connectivity index (χ1) is 30.4. The highest BCUT2D eigenvalue weighted by Gasteiger charge is 2.44. The number of ether oxygens (including phenoxy) is 4. The van der Waals surface area contributed by atoms with Crippen molar-refractivity contribution in [3.05, 3.63) is 12.2 Å². The van der Waals surface area contributed by atoms with Gasteiger partial charge in [0.05, 0.1) is 19.8 Å². The summed E-state index contributed by atoms with van der Waals surface area (Å²) in [7, 11) is 0. The van der Waals surface area contributed by atoms with E-state index in [0.717, 1.165) is 32.1 Å². The fraction of sp³-hybridized carbons (Fsp3) is 0.943. The Labute approximate surface area is 382 Å². The van der Waals surface area contributed by atoms with E-state index in [0.29, 0.717) is 13.0 Å². The summed E-state index contributed by atoms with van der Waals surface area (Å²) in [5.41, 5.74) is 0. The third-order valence-electron chi connectivity index (χ3n) is 12.7. The van der Waals surface area contributed by atoms with Crippen molar-refractivity contribution >= 4 is 5.97 Å². The molecule has 0 aromatic rings. The molecule has 0 aliphatic carbocycles. The topological polar surface area (TPSA) is 135 Å². The van der Waals surface area contributed by atoms with E-state index in [2.05, 4.69) is 26.0 Å². The van der Waals surface area contributed by atoms with Crippen molar-refractivity contribution < 1.29 is 44.2 Å². The highest BCUT2D eigenvalue weighted by atomic mass is 16.7. The van der Waals surface area contributed by atoms with Crippen LogP contribution in [0.3, 0.4) is 0 Å².